The minimum atomic E-state index is -0.0491. The Kier molecular flexibility index (Phi) is 4.38. The summed E-state index contributed by atoms with van der Waals surface area (Å²) in [5, 5.41) is 3.00. The van der Waals surface area contributed by atoms with E-state index >= 15 is 0 Å². The van der Waals surface area contributed by atoms with Crippen molar-refractivity contribution in [3.63, 3.8) is 0 Å². The molecular weight excluding hydrogens is 302 g/mol. The lowest BCUT2D eigenvalue weighted by Gasteiger charge is -2.14. The molecule has 19 heavy (non-hydrogen) atoms. The van der Waals surface area contributed by atoms with Crippen molar-refractivity contribution in [2.45, 2.75) is 19.9 Å². The summed E-state index contributed by atoms with van der Waals surface area (Å²) in [6.07, 6.45) is 0. The zero-order valence-electron chi connectivity index (χ0n) is 11.0. The van der Waals surface area contributed by atoms with Gasteiger partial charge in [0.25, 0.3) is 5.91 Å². The Morgan fingerprint density at radius 3 is 2.47 bits per heavy atom. The molecule has 0 saturated carbocycles. The Morgan fingerprint density at radius 2 is 1.84 bits per heavy atom. The van der Waals surface area contributed by atoms with Gasteiger partial charge >= 0.3 is 0 Å². The lowest BCUT2D eigenvalue weighted by Crippen LogP contribution is -2.26. The molecule has 2 nitrogen and oxygen atoms in total. The van der Waals surface area contributed by atoms with Crippen molar-refractivity contribution in [2.75, 3.05) is 0 Å². The summed E-state index contributed by atoms with van der Waals surface area (Å²) in [7, 11) is 0. The monoisotopic (exact) mass is 317 g/mol. The summed E-state index contributed by atoms with van der Waals surface area (Å²) in [4.78, 5) is 12.2. The van der Waals surface area contributed by atoms with Crippen LogP contribution in [0.15, 0.2) is 53.0 Å². The molecular formula is C16H16BrNO. The molecule has 2 aromatic rings. The molecule has 1 atom stereocenters. The molecule has 0 aromatic heterocycles. The van der Waals surface area contributed by atoms with Gasteiger partial charge in [-0.2, -0.15) is 0 Å². The molecule has 0 aliphatic carbocycles. The Labute approximate surface area is 122 Å². The third-order valence-electron chi connectivity index (χ3n) is 3.07. The molecule has 3 heteroatoms. The Balaban J connectivity index is 2.11. The van der Waals surface area contributed by atoms with Crippen LogP contribution in [0.4, 0.5) is 0 Å². The smallest absolute Gasteiger partial charge is 0.251 e. The van der Waals surface area contributed by atoms with E-state index in [1.165, 1.54) is 0 Å². The molecule has 2 rings (SSSR count). The average Bonchev–Trinajstić information content (AvgIpc) is 2.42. The van der Waals surface area contributed by atoms with E-state index in [1.807, 2.05) is 62.4 Å². The van der Waals surface area contributed by atoms with Gasteiger partial charge < -0.3 is 5.32 Å². The fourth-order valence-corrected chi connectivity index (χ4v) is 2.14. The third-order valence-corrected chi connectivity index (χ3v) is 3.96. The number of benzene rings is 2. The Bertz CT molecular complexity index is 581. The van der Waals surface area contributed by atoms with Gasteiger partial charge in [-0.05, 0) is 43.2 Å². The number of aryl methyl sites for hydroxylation is 1. The van der Waals surface area contributed by atoms with Gasteiger partial charge in [-0.15, -0.1) is 0 Å². The summed E-state index contributed by atoms with van der Waals surface area (Å²) < 4.78 is 1.01. The number of rotatable bonds is 3. The zero-order chi connectivity index (χ0) is 13.8. The van der Waals surface area contributed by atoms with E-state index in [0.717, 1.165) is 15.6 Å². The predicted octanol–water partition coefficient (Wildman–Crippen LogP) is 4.25. The first-order chi connectivity index (χ1) is 9.08. The van der Waals surface area contributed by atoms with E-state index in [1.54, 1.807) is 0 Å². The fourth-order valence-electron chi connectivity index (χ4n) is 1.89. The van der Waals surface area contributed by atoms with Crippen LogP contribution in [0.5, 0.6) is 0 Å². The second-order valence-electron chi connectivity index (χ2n) is 4.57. The maximum Gasteiger partial charge on any atom is 0.251 e. The molecule has 0 radical (unpaired) electrons. The van der Waals surface area contributed by atoms with Crippen molar-refractivity contribution in [2.24, 2.45) is 0 Å². The quantitative estimate of drug-likeness (QED) is 0.901. The second kappa shape index (κ2) is 6.02. The summed E-state index contributed by atoms with van der Waals surface area (Å²) >= 11 is 3.43. The number of nitrogens with one attached hydrogen (secondary N) is 1. The van der Waals surface area contributed by atoms with Gasteiger partial charge in [-0.25, -0.2) is 0 Å². The van der Waals surface area contributed by atoms with Crippen LogP contribution >= 0.6 is 15.9 Å². The van der Waals surface area contributed by atoms with Gasteiger partial charge in [0.2, 0.25) is 0 Å². The minimum absolute atomic E-state index is 0.00217. The van der Waals surface area contributed by atoms with E-state index in [4.69, 9.17) is 0 Å². The molecule has 0 saturated heterocycles. The molecule has 0 fully saturated rings. The average molecular weight is 318 g/mol. The predicted molar refractivity (Wildman–Crippen MR) is 81.2 cm³/mol. The van der Waals surface area contributed by atoms with Gasteiger partial charge in [0.05, 0.1) is 6.04 Å². The number of halogens is 1. The summed E-state index contributed by atoms with van der Waals surface area (Å²) in [6.45, 7) is 3.96. The standard InChI is InChI=1S/C16H16BrNO/c1-11-10-14(8-9-15(11)17)16(19)18-12(2)13-6-4-3-5-7-13/h3-10,12H,1-2H3,(H,18,19)/t12-/m1/s1. The SMILES string of the molecule is Cc1cc(C(=O)N[C@H](C)c2ccccc2)ccc1Br. The molecule has 98 valence electrons. The van der Waals surface area contributed by atoms with Crippen LogP contribution in [0.1, 0.15) is 34.5 Å². The second-order valence-corrected chi connectivity index (χ2v) is 5.42. The highest BCUT2D eigenvalue weighted by Gasteiger charge is 2.11. The zero-order valence-corrected chi connectivity index (χ0v) is 12.6. The van der Waals surface area contributed by atoms with Gasteiger partial charge in [0, 0.05) is 10.0 Å². The van der Waals surface area contributed by atoms with Crippen LogP contribution in [-0.2, 0) is 0 Å². The summed E-state index contributed by atoms with van der Waals surface area (Å²) in [5.74, 6) is -0.0491. The summed E-state index contributed by atoms with van der Waals surface area (Å²) in [5.41, 5.74) is 2.84. The van der Waals surface area contributed by atoms with Crippen molar-refractivity contribution in [1.29, 1.82) is 0 Å². The van der Waals surface area contributed by atoms with Gasteiger partial charge in [0.15, 0.2) is 0 Å². The van der Waals surface area contributed by atoms with Crippen LogP contribution < -0.4 is 5.32 Å². The van der Waals surface area contributed by atoms with Crippen molar-refractivity contribution in [1.82, 2.24) is 5.32 Å². The molecule has 0 aliphatic rings. The lowest BCUT2D eigenvalue weighted by atomic mass is 10.1. The first kappa shape index (κ1) is 13.8. The number of carbonyl (C=O) groups is 1. The summed E-state index contributed by atoms with van der Waals surface area (Å²) in [6, 6.07) is 15.5. The molecule has 1 N–H and O–H groups in total. The molecule has 0 spiro atoms. The topological polar surface area (TPSA) is 29.1 Å². The molecule has 0 aliphatic heterocycles. The van der Waals surface area contributed by atoms with E-state index in [2.05, 4.69) is 21.2 Å². The molecule has 0 bridgehead atoms. The van der Waals surface area contributed by atoms with Crippen LogP contribution in [0.3, 0.4) is 0 Å². The van der Waals surface area contributed by atoms with Crippen molar-refractivity contribution >= 4 is 21.8 Å². The third kappa shape index (κ3) is 3.44. The molecule has 0 unspecified atom stereocenters. The van der Waals surface area contributed by atoms with E-state index < -0.39 is 0 Å². The number of hydrogen-bond donors (Lipinski definition) is 1. The van der Waals surface area contributed by atoms with Crippen molar-refractivity contribution < 1.29 is 4.79 Å². The van der Waals surface area contributed by atoms with Gasteiger partial charge in [-0.1, -0.05) is 46.3 Å². The normalized spacial score (nSPS) is 11.9. The van der Waals surface area contributed by atoms with E-state index in [9.17, 15) is 4.79 Å². The van der Waals surface area contributed by atoms with Crippen LogP contribution in [0, 0.1) is 6.92 Å². The first-order valence-corrected chi connectivity index (χ1v) is 6.99. The molecule has 0 heterocycles. The molecule has 1 amide bonds. The highest BCUT2D eigenvalue weighted by Crippen LogP contribution is 2.18. The van der Waals surface area contributed by atoms with Gasteiger partial charge in [0.1, 0.15) is 0 Å². The highest BCUT2D eigenvalue weighted by atomic mass is 79.9. The van der Waals surface area contributed by atoms with Crippen LogP contribution in [-0.4, -0.2) is 5.91 Å². The fraction of sp³-hybridized carbons (Fsp3) is 0.188. The first-order valence-electron chi connectivity index (χ1n) is 6.20. The van der Waals surface area contributed by atoms with Crippen LogP contribution in [0.2, 0.25) is 0 Å². The number of hydrogen-bond acceptors (Lipinski definition) is 1. The van der Waals surface area contributed by atoms with Crippen molar-refractivity contribution in [3.8, 4) is 0 Å². The van der Waals surface area contributed by atoms with Gasteiger partial charge in [-0.3, -0.25) is 4.79 Å². The Morgan fingerprint density at radius 1 is 1.16 bits per heavy atom. The number of amides is 1. The van der Waals surface area contributed by atoms with Crippen molar-refractivity contribution in [3.05, 3.63) is 69.7 Å². The maximum atomic E-state index is 12.2. The van der Waals surface area contributed by atoms with E-state index in [-0.39, 0.29) is 11.9 Å². The maximum absolute atomic E-state index is 12.2. The van der Waals surface area contributed by atoms with E-state index in [0.29, 0.717) is 5.56 Å². The lowest BCUT2D eigenvalue weighted by molar-refractivity contribution is 0.0940. The van der Waals surface area contributed by atoms with Crippen LogP contribution in [0.25, 0.3) is 0 Å². The number of carbonyl (C=O) groups excluding carboxylic acids is 1. The Hall–Kier alpha value is -1.61. The largest absolute Gasteiger partial charge is 0.346 e. The molecule has 2 aromatic carbocycles. The minimum Gasteiger partial charge on any atom is -0.346 e. The highest BCUT2D eigenvalue weighted by molar-refractivity contribution is 9.10.